The molecule has 0 radical (unpaired) electrons. The summed E-state index contributed by atoms with van der Waals surface area (Å²) in [6, 6.07) is 0. The normalized spacial score (nSPS) is 31.4. The Morgan fingerprint density at radius 2 is 2.18 bits per heavy atom. The minimum Gasteiger partial charge on any atom is -0.465 e. The van der Waals surface area contributed by atoms with E-state index in [9.17, 15) is 9.18 Å². The van der Waals surface area contributed by atoms with E-state index >= 15 is 0 Å². The molecule has 1 atom stereocenters. The number of rotatable bonds is 2. The second-order valence-electron chi connectivity index (χ2n) is 4.59. The summed E-state index contributed by atoms with van der Waals surface area (Å²) >= 11 is 0. The average Bonchev–Trinajstić information content (AvgIpc) is 2.73. The minimum absolute atomic E-state index is 0.168. The summed E-state index contributed by atoms with van der Waals surface area (Å²) in [5.41, 5.74) is -1.29. The van der Waals surface area contributed by atoms with Gasteiger partial charge in [-0.25, -0.2) is 4.39 Å². The summed E-state index contributed by atoms with van der Waals surface area (Å²) in [7, 11) is 0. The predicted octanol–water partition coefficient (Wildman–Crippen LogP) is 1.95. The molecule has 1 aliphatic carbocycles. The summed E-state index contributed by atoms with van der Waals surface area (Å²) in [6.45, 7) is 4.42. The van der Waals surface area contributed by atoms with Gasteiger partial charge in [-0.15, -0.1) is 0 Å². The quantitative estimate of drug-likeness (QED) is 0.696. The van der Waals surface area contributed by atoms with Gasteiger partial charge in [0.05, 0.1) is 19.8 Å². The third kappa shape index (κ3) is 2.09. The molecule has 0 bridgehead atoms. The molecule has 17 heavy (non-hydrogen) atoms. The van der Waals surface area contributed by atoms with Crippen LogP contribution in [0.1, 0.15) is 26.7 Å². The highest BCUT2D eigenvalue weighted by atomic mass is 19.1. The molecule has 0 aromatic heterocycles. The van der Waals surface area contributed by atoms with E-state index in [1.807, 2.05) is 0 Å². The Hall–Kier alpha value is -0.940. The van der Waals surface area contributed by atoms with Crippen LogP contribution in [0.15, 0.2) is 11.9 Å². The van der Waals surface area contributed by atoms with Gasteiger partial charge in [-0.3, -0.25) is 4.79 Å². The summed E-state index contributed by atoms with van der Waals surface area (Å²) in [4.78, 5) is 11.9. The SMILES string of the molecule is CCOC(=O)C1(C)CC2(CC=C1F)OCCO2. The maximum Gasteiger partial charge on any atom is 0.318 e. The van der Waals surface area contributed by atoms with Gasteiger partial charge in [-0.05, 0) is 19.9 Å². The Morgan fingerprint density at radius 3 is 2.76 bits per heavy atom. The van der Waals surface area contributed by atoms with Gasteiger partial charge in [0.1, 0.15) is 11.2 Å². The summed E-state index contributed by atoms with van der Waals surface area (Å²) in [6.07, 6.45) is 1.88. The van der Waals surface area contributed by atoms with Crippen LogP contribution in [0.25, 0.3) is 0 Å². The van der Waals surface area contributed by atoms with E-state index < -0.39 is 23.0 Å². The third-order valence-corrected chi connectivity index (χ3v) is 3.28. The van der Waals surface area contributed by atoms with Gasteiger partial charge < -0.3 is 14.2 Å². The molecule has 1 heterocycles. The third-order valence-electron chi connectivity index (χ3n) is 3.28. The van der Waals surface area contributed by atoms with Gasteiger partial charge in [-0.2, -0.15) is 0 Å². The van der Waals surface area contributed by atoms with E-state index in [1.165, 1.54) is 13.0 Å². The number of esters is 1. The molecular formula is C12H17FO4. The topological polar surface area (TPSA) is 44.8 Å². The van der Waals surface area contributed by atoms with E-state index in [1.54, 1.807) is 6.92 Å². The van der Waals surface area contributed by atoms with Crippen LogP contribution in [0.5, 0.6) is 0 Å². The summed E-state index contributed by atoms with van der Waals surface area (Å²) in [5.74, 6) is -1.87. The fourth-order valence-corrected chi connectivity index (χ4v) is 2.34. The van der Waals surface area contributed by atoms with Crippen molar-refractivity contribution in [2.24, 2.45) is 5.41 Å². The molecule has 1 fully saturated rings. The lowest BCUT2D eigenvalue weighted by Gasteiger charge is -2.38. The van der Waals surface area contributed by atoms with Crippen LogP contribution in [-0.2, 0) is 19.0 Å². The smallest absolute Gasteiger partial charge is 0.318 e. The second-order valence-corrected chi connectivity index (χ2v) is 4.59. The van der Waals surface area contributed by atoms with Gasteiger partial charge in [0.15, 0.2) is 5.79 Å². The number of halogens is 1. The highest BCUT2D eigenvalue weighted by molar-refractivity contribution is 5.80. The van der Waals surface area contributed by atoms with E-state index in [-0.39, 0.29) is 13.0 Å². The number of carbonyl (C=O) groups excluding carboxylic acids is 1. The van der Waals surface area contributed by atoms with Crippen molar-refractivity contribution < 1.29 is 23.4 Å². The van der Waals surface area contributed by atoms with Gasteiger partial charge in [0.2, 0.25) is 0 Å². The Labute approximate surface area is 99.7 Å². The number of carbonyl (C=O) groups is 1. The zero-order chi connectivity index (χ0) is 12.5. The van der Waals surface area contributed by atoms with Crippen molar-refractivity contribution in [1.82, 2.24) is 0 Å². The van der Waals surface area contributed by atoms with Crippen molar-refractivity contribution in [2.45, 2.75) is 32.5 Å². The maximum absolute atomic E-state index is 13.9. The van der Waals surface area contributed by atoms with Crippen LogP contribution in [0.2, 0.25) is 0 Å². The summed E-state index contributed by atoms with van der Waals surface area (Å²) < 4.78 is 29.8. The lowest BCUT2D eigenvalue weighted by Crippen LogP contribution is -2.44. The van der Waals surface area contributed by atoms with Crippen molar-refractivity contribution in [1.29, 1.82) is 0 Å². The Kier molecular flexibility index (Phi) is 3.23. The highest BCUT2D eigenvalue weighted by Gasteiger charge is 2.52. The maximum atomic E-state index is 13.9. The molecule has 0 aromatic carbocycles. The molecule has 1 unspecified atom stereocenters. The summed E-state index contributed by atoms with van der Waals surface area (Å²) in [5, 5.41) is 0. The first-order valence-corrected chi connectivity index (χ1v) is 5.84. The van der Waals surface area contributed by atoms with Crippen LogP contribution >= 0.6 is 0 Å². The van der Waals surface area contributed by atoms with E-state index in [0.29, 0.717) is 19.6 Å². The molecule has 5 heteroatoms. The van der Waals surface area contributed by atoms with Crippen molar-refractivity contribution >= 4 is 5.97 Å². The lowest BCUT2D eigenvalue weighted by molar-refractivity contribution is -0.192. The predicted molar refractivity (Wildman–Crippen MR) is 57.8 cm³/mol. The zero-order valence-electron chi connectivity index (χ0n) is 10.1. The first-order chi connectivity index (χ1) is 8.02. The van der Waals surface area contributed by atoms with Crippen LogP contribution < -0.4 is 0 Å². The molecule has 0 N–H and O–H groups in total. The monoisotopic (exact) mass is 244 g/mol. The van der Waals surface area contributed by atoms with E-state index in [0.717, 1.165) is 0 Å². The fourth-order valence-electron chi connectivity index (χ4n) is 2.34. The van der Waals surface area contributed by atoms with Gasteiger partial charge in [0.25, 0.3) is 0 Å². The number of hydrogen-bond donors (Lipinski definition) is 0. The molecule has 0 aromatic rings. The molecule has 1 spiro atoms. The number of ether oxygens (including phenoxy) is 3. The first-order valence-electron chi connectivity index (χ1n) is 5.84. The molecule has 4 nitrogen and oxygen atoms in total. The molecule has 1 aliphatic heterocycles. The highest BCUT2D eigenvalue weighted by Crippen LogP contribution is 2.46. The van der Waals surface area contributed by atoms with Gasteiger partial charge in [-0.1, -0.05) is 0 Å². The average molecular weight is 244 g/mol. The second kappa shape index (κ2) is 4.38. The van der Waals surface area contributed by atoms with E-state index in [4.69, 9.17) is 14.2 Å². The Morgan fingerprint density at radius 1 is 1.53 bits per heavy atom. The molecule has 2 aliphatic rings. The van der Waals surface area contributed by atoms with Crippen molar-refractivity contribution in [3.05, 3.63) is 11.9 Å². The molecule has 2 rings (SSSR count). The van der Waals surface area contributed by atoms with Crippen molar-refractivity contribution in [2.75, 3.05) is 19.8 Å². The zero-order valence-corrected chi connectivity index (χ0v) is 10.1. The van der Waals surface area contributed by atoms with Crippen LogP contribution in [0.3, 0.4) is 0 Å². The number of hydrogen-bond acceptors (Lipinski definition) is 4. The molecular weight excluding hydrogens is 227 g/mol. The Balaban J connectivity index is 2.23. The van der Waals surface area contributed by atoms with E-state index in [2.05, 4.69) is 0 Å². The van der Waals surface area contributed by atoms with Crippen molar-refractivity contribution in [3.8, 4) is 0 Å². The molecule has 0 saturated carbocycles. The fraction of sp³-hybridized carbons (Fsp3) is 0.750. The molecule has 1 saturated heterocycles. The van der Waals surface area contributed by atoms with Crippen LogP contribution in [-0.4, -0.2) is 31.6 Å². The largest absolute Gasteiger partial charge is 0.465 e. The first kappa shape index (κ1) is 12.5. The van der Waals surface area contributed by atoms with Crippen LogP contribution in [0, 0.1) is 5.41 Å². The van der Waals surface area contributed by atoms with Crippen LogP contribution in [0.4, 0.5) is 4.39 Å². The molecule has 96 valence electrons. The van der Waals surface area contributed by atoms with Gasteiger partial charge in [0, 0.05) is 12.8 Å². The van der Waals surface area contributed by atoms with Gasteiger partial charge >= 0.3 is 5.97 Å². The minimum atomic E-state index is -1.29. The standard InChI is InChI=1S/C12H17FO4/c1-3-15-10(14)11(2)8-12(5-4-9(11)13)16-6-7-17-12/h4H,3,5-8H2,1-2H3. The molecule has 0 amide bonds. The Bertz CT molecular complexity index is 346. The lowest BCUT2D eigenvalue weighted by atomic mass is 9.76. The van der Waals surface area contributed by atoms with Crippen molar-refractivity contribution in [3.63, 3.8) is 0 Å².